The molecule has 1 amide bonds. The zero-order chi connectivity index (χ0) is 41.1. The van der Waals surface area contributed by atoms with Crippen molar-refractivity contribution in [2.24, 2.45) is 0 Å². The predicted octanol–water partition coefficient (Wildman–Crippen LogP) is 5.52. The number of carbonyl (C=O) groups excluding carboxylic acids is 1. The van der Waals surface area contributed by atoms with E-state index in [1.54, 1.807) is 37.1 Å². The zero-order valence-corrected chi connectivity index (χ0v) is 35.4. The number of morpholine rings is 1. The summed E-state index contributed by atoms with van der Waals surface area (Å²) in [5, 5.41) is 22.4. The van der Waals surface area contributed by atoms with Crippen LogP contribution in [-0.4, -0.2) is 150 Å². The average Bonchev–Trinajstić information content (AvgIpc) is 3.38. The number of nitrogens with zero attached hydrogens (tertiary/aromatic N) is 5. The van der Waals surface area contributed by atoms with E-state index in [0.717, 1.165) is 69.9 Å². The number of aliphatic carboxylic acids is 2. The maximum absolute atomic E-state index is 14.3. The van der Waals surface area contributed by atoms with Gasteiger partial charge in [-0.3, -0.25) is 14.6 Å². The molecule has 7 rings (SSSR count). The number of piperidine rings is 1. The van der Waals surface area contributed by atoms with Crippen molar-refractivity contribution in [2.45, 2.75) is 82.0 Å². The smallest absolute Gasteiger partial charge is 0.334 e. The van der Waals surface area contributed by atoms with E-state index in [-0.39, 0.29) is 51.2 Å². The third kappa shape index (κ3) is 8.71. The summed E-state index contributed by atoms with van der Waals surface area (Å²) in [7, 11) is 3.91. The highest BCUT2D eigenvalue weighted by Gasteiger charge is 2.52. The number of piperazine rings is 1. The normalized spacial score (nSPS) is 26.1. The van der Waals surface area contributed by atoms with Gasteiger partial charge in [0.15, 0.2) is 0 Å². The Morgan fingerprint density at radius 1 is 0.793 bits per heavy atom. The second kappa shape index (κ2) is 18.4. The van der Waals surface area contributed by atoms with E-state index in [4.69, 9.17) is 32.7 Å². The van der Waals surface area contributed by atoms with Crippen molar-refractivity contribution in [3.8, 4) is 0 Å². The highest BCUT2D eigenvalue weighted by Crippen LogP contribution is 2.52. The van der Waals surface area contributed by atoms with E-state index in [2.05, 4.69) is 21.7 Å². The Labute approximate surface area is 351 Å². The Morgan fingerprint density at radius 3 is 2.02 bits per heavy atom. The lowest BCUT2D eigenvalue weighted by Crippen LogP contribution is -2.56. The van der Waals surface area contributed by atoms with Crippen LogP contribution in [0.15, 0.2) is 65.0 Å². The molecule has 314 valence electrons. The summed E-state index contributed by atoms with van der Waals surface area (Å²) < 4.78 is 11.6. The van der Waals surface area contributed by atoms with Gasteiger partial charge in [0.05, 0.1) is 49.4 Å². The summed E-state index contributed by atoms with van der Waals surface area (Å²) in [4.78, 5) is 52.3. The number of aryl methyl sites for hydroxylation is 1. The van der Waals surface area contributed by atoms with Gasteiger partial charge in [0, 0.05) is 98.0 Å². The summed E-state index contributed by atoms with van der Waals surface area (Å²) in [6.07, 6.45) is 5.25. The number of carbonyl (C=O) groups is 3. The van der Waals surface area contributed by atoms with Crippen molar-refractivity contribution >= 4 is 41.0 Å². The number of hydrogen-bond donors (Lipinski definition) is 2. The van der Waals surface area contributed by atoms with Gasteiger partial charge in [-0.2, -0.15) is 0 Å². The number of fused-ring (bicyclic) bond motifs is 2. The van der Waals surface area contributed by atoms with Gasteiger partial charge in [-0.05, 0) is 75.8 Å². The molecule has 14 heteroatoms. The summed E-state index contributed by atoms with van der Waals surface area (Å²) >= 11 is 13.7. The molecule has 2 aromatic rings. The SMILES string of the molecule is CN1C(CCc2ccccc2COCCN2CCOCC2)=C(C(=O)O)C(C)(c2c(Cl)cccc2Cl)C(C(=O)O)=C1CC(=O)N1CCN(C2CC3CCC(C2)N3C)CC1. The van der Waals surface area contributed by atoms with Gasteiger partial charge >= 0.3 is 11.9 Å². The molecule has 2 N–H and O–H groups in total. The van der Waals surface area contributed by atoms with E-state index < -0.39 is 17.4 Å². The number of halogens is 2. The Balaban J connectivity index is 1.15. The molecule has 0 radical (unpaired) electrons. The summed E-state index contributed by atoms with van der Waals surface area (Å²) in [5.41, 5.74) is 0.595. The fraction of sp³-hybridized carbons (Fsp3) is 0.568. The number of rotatable bonds is 14. The lowest BCUT2D eigenvalue weighted by Gasteiger charge is -2.46. The Kier molecular flexibility index (Phi) is 13.5. The minimum Gasteiger partial charge on any atom is -0.478 e. The van der Waals surface area contributed by atoms with Crippen LogP contribution in [0.2, 0.25) is 10.0 Å². The number of carboxylic acid groups (broad SMARTS) is 2. The summed E-state index contributed by atoms with van der Waals surface area (Å²) in [5.74, 6) is -2.83. The molecule has 0 spiro atoms. The molecule has 4 fully saturated rings. The first kappa shape index (κ1) is 42.6. The van der Waals surface area contributed by atoms with Crippen LogP contribution in [0.3, 0.4) is 0 Å². The molecule has 5 aliphatic heterocycles. The molecular weight excluding hydrogens is 781 g/mol. The number of amides is 1. The van der Waals surface area contributed by atoms with Crippen LogP contribution in [0.4, 0.5) is 0 Å². The summed E-state index contributed by atoms with van der Waals surface area (Å²) in [6, 6.07) is 14.5. The molecule has 0 aliphatic carbocycles. The van der Waals surface area contributed by atoms with Gasteiger partial charge in [-0.25, -0.2) is 9.59 Å². The van der Waals surface area contributed by atoms with Crippen LogP contribution in [0, 0.1) is 0 Å². The van der Waals surface area contributed by atoms with Gasteiger partial charge in [-0.15, -0.1) is 0 Å². The third-order valence-electron chi connectivity index (χ3n) is 13.5. The Bertz CT molecular complexity index is 1890. The second-order valence-corrected chi connectivity index (χ2v) is 17.4. The van der Waals surface area contributed by atoms with Gasteiger partial charge in [0.25, 0.3) is 0 Å². The maximum atomic E-state index is 14.3. The van der Waals surface area contributed by atoms with Crippen LogP contribution < -0.4 is 0 Å². The third-order valence-corrected chi connectivity index (χ3v) is 14.1. The summed E-state index contributed by atoms with van der Waals surface area (Å²) in [6.45, 7) is 9.16. The first-order chi connectivity index (χ1) is 27.9. The molecule has 0 aromatic heterocycles. The Hall–Kier alpha value is -3.49. The minimum absolute atomic E-state index is 0.139. The molecule has 58 heavy (non-hydrogen) atoms. The Morgan fingerprint density at radius 2 is 1.40 bits per heavy atom. The zero-order valence-electron chi connectivity index (χ0n) is 33.9. The van der Waals surface area contributed by atoms with Crippen LogP contribution in [-0.2, 0) is 42.3 Å². The average molecular weight is 839 g/mol. The lowest BCUT2D eigenvalue weighted by molar-refractivity contribution is -0.134. The number of carboxylic acids is 2. The first-order valence-corrected chi connectivity index (χ1v) is 21.4. The van der Waals surface area contributed by atoms with E-state index in [1.165, 1.54) is 12.8 Å². The van der Waals surface area contributed by atoms with Crippen LogP contribution in [0.1, 0.15) is 62.1 Å². The fourth-order valence-corrected chi connectivity index (χ4v) is 11.0. The van der Waals surface area contributed by atoms with Crippen molar-refractivity contribution in [3.63, 3.8) is 0 Å². The van der Waals surface area contributed by atoms with Gasteiger partial charge in [0.2, 0.25) is 5.91 Å². The molecule has 4 saturated heterocycles. The highest BCUT2D eigenvalue weighted by molar-refractivity contribution is 6.36. The molecule has 3 unspecified atom stereocenters. The molecular formula is C44H57Cl2N5O7. The topological polar surface area (TPSA) is 126 Å². The minimum atomic E-state index is -1.81. The highest BCUT2D eigenvalue weighted by atomic mass is 35.5. The van der Waals surface area contributed by atoms with Gasteiger partial charge in [0.1, 0.15) is 0 Å². The van der Waals surface area contributed by atoms with E-state index in [1.807, 2.05) is 29.2 Å². The van der Waals surface area contributed by atoms with Crippen molar-refractivity contribution in [3.05, 3.63) is 91.7 Å². The van der Waals surface area contributed by atoms with Gasteiger partial charge in [-0.1, -0.05) is 53.5 Å². The van der Waals surface area contributed by atoms with Gasteiger partial charge < -0.3 is 34.4 Å². The van der Waals surface area contributed by atoms with E-state index in [0.29, 0.717) is 56.5 Å². The molecule has 12 nitrogen and oxygen atoms in total. The number of allylic oxidation sites excluding steroid dienone is 1. The monoisotopic (exact) mass is 837 g/mol. The second-order valence-electron chi connectivity index (χ2n) is 16.6. The van der Waals surface area contributed by atoms with Crippen LogP contribution in [0.25, 0.3) is 0 Å². The van der Waals surface area contributed by atoms with Crippen LogP contribution >= 0.6 is 23.2 Å². The van der Waals surface area contributed by atoms with Crippen LogP contribution in [0.5, 0.6) is 0 Å². The van der Waals surface area contributed by atoms with Crippen molar-refractivity contribution in [1.29, 1.82) is 0 Å². The quantitative estimate of drug-likeness (QED) is 0.234. The fourth-order valence-electron chi connectivity index (χ4n) is 10.3. The molecule has 5 heterocycles. The molecule has 2 bridgehead atoms. The van der Waals surface area contributed by atoms with Crippen molar-refractivity contribution in [1.82, 2.24) is 24.5 Å². The lowest BCUT2D eigenvalue weighted by atomic mass is 9.66. The number of benzene rings is 2. The van der Waals surface area contributed by atoms with E-state index in [9.17, 15) is 24.6 Å². The van der Waals surface area contributed by atoms with E-state index >= 15 is 0 Å². The predicted molar refractivity (Wildman–Crippen MR) is 223 cm³/mol. The largest absolute Gasteiger partial charge is 0.478 e. The first-order valence-electron chi connectivity index (χ1n) is 20.7. The molecule has 5 aliphatic rings. The molecule has 0 saturated carbocycles. The number of ether oxygens (including phenoxy) is 2. The number of hydrogen-bond acceptors (Lipinski definition) is 9. The molecule has 3 atom stereocenters. The van der Waals surface area contributed by atoms with Crippen molar-refractivity contribution in [2.75, 3.05) is 79.7 Å². The maximum Gasteiger partial charge on any atom is 0.334 e. The molecule has 2 aromatic carbocycles. The standard InChI is InChI=1S/C44H57Cl2N5O7/c1-44(39-34(45)9-6-10-35(39)46)40(42(53)54)36(14-11-29-7-4-5-8-30(29)28-58-24-21-49-19-22-57-23-20-49)48(3)37(41(44)43(55)56)27-38(52)51-17-15-50(16-18-51)33-25-31-12-13-32(26-33)47(31)2/h4-10,31-33H,11-28H2,1-3H3,(H,53,54)(H,55,56). The van der Waals surface area contributed by atoms with Crippen molar-refractivity contribution < 1.29 is 34.1 Å².